The quantitative estimate of drug-likeness (QED) is 0.386. The molecule has 8 nitrogen and oxygen atoms in total. The number of aryl methyl sites for hydroxylation is 1. The van der Waals surface area contributed by atoms with Crippen LogP contribution in [0.25, 0.3) is 0 Å². The number of hydrogen-bond acceptors (Lipinski definition) is 5. The van der Waals surface area contributed by atoms with Crippen LogP contribution in [0.2, 0.25) is 0 Å². The molecule has 8 heteroatoms. The van der Waals surface area contributed by atoms with Gasteiger partial charge in [0.05, 0.1) is 16.2 Å². The lowest BCUT2D eigenvalue weighted by Gasteiger charge is -2.33. The maximum absolute atomic E-state index is 13.3. The number of pyridine rings is 1. The van der Waals surface area contributed by atoms with Gasteiger partial charge in [-0.15, -0.1) is 0 Å². The first-order chi connectivity index (χ1) is 16.8. The van der Waals surface area contributed by atoms with Crippen molar-refractivity contribution in [3.05, 3.63) is 105 Å². The van der Waals surface area contributed by atoms with E-state index >= 15 is 0 Å². The molecule has 0 radical (unpaired) electrons. The van der Waals surface area contributed by atoms with Gasteiger partial charge in [0.1, 0.15) is 0 Å². The molecule has 0 N–H and O–H groups in total. The molecular weight excluding hydrogens is 444 g/mol. The van der Waals surface area contributed by atoms with Gasteiger partial charge in [0, 0.05) is 56.0 Å². The second kappa shape index (κ2) is 10.5. The number of aromatic nitrogens is 1. The van der Waals surface area contributed by atoms with Crippen LogP contribution in [-0.2, 0) is 6.54 Å². The first kappa shape index (κ1) is 24.1. The molecule has 0 aliphatic carbocycles. The lowest BCUT2D eigenvalue weighted by atomic mass is 9.89. The summed E-state index contributed by atoms with van der Waals surface area (Å²) < 4.78 is 0. The molecule has 2 amide bonds. The summed E-state index contributed by atoms with van der Waals surface area (Å²) in [7, 11) is 1.80. The van der Waals surface area contributed by atoms with Crippen LogP contribution in [0.1, 0.15) is 56.4 Å². The molecule has 0 saturated carbocycles. The zero-order valence-electron chi connectivity index (χ0n) is 19.9. The SMILES string of the molecule is Cc1ccc(C(=O)N(C)Cc2ccccc2)c(C2CCN(C(=O)c3ccc([N+](=O)[O-])cc3)CC2)n1. The van der Waals surface area contributed by atoms with Crippen molar-refractivity contribution in [2.75, 3.05) is 20.1 Å². The highest BCUT2D eigenvalue weighted by Crippen LogP contribution is 2.31. The number of hydrogen-bond donors (Lipinski definition) is 0. The van der Waals surface area contributed by atoms with Crippen LogP contribution in [0, 0.1) is 17.0 Å². The molecule has 1 fully saturated rings. The third-order valence-corrected chi connectivity index (χ3v) is 6.40. The largest absolute Gasteiger partial charge is 0.339 e. The van der Waals surface area contributed by atoms with Crippen LogP contribution in [0.3, 0.4) is 0 Å². The number of piperidine rings is 1. The summed E-state index contributed by atoms with van der Waals surface area (Å²) >= 11 is 0. The Kier molecular flexibility index (Phi) is 7.19. The molecule has 1 saturated heterocycles. The minimum Gasteiger partial charge on any atom is -0.339 e. The summed E-state index contributed by atoms with van der Waals surface area (Å²) in [5.41, 5.74) is 3.70. The van der Waals surface area contributed by atoms with Gasteiger partial charge in [0.15, 0.2) is 0 Å². The lowest BCUT2D eigenvalue weighted by Crippen LogP contribution is -2.38. The van der Waals surface area contributed by atoms with Crippen molar-refractivity contribution in [3.8, 4) is 0 Å². The Morgan fingerprint density at radius 1 is 1.03 bits per heavy atom. The summed E-state index contributed by atoms with van der Waals surface area (Å²) in [6.45, 7) is 3.49. The van der Waals surface area contributed by atoms with E-state index in [4.69, 9.17) is 4.98 Å². The topological polar surface area (TPSA) is 96.7 Å². The van der Waals surface area contributed by atoms with Gasteiger partial charge in [-0.3, -0.25) is 24.7 Å². The molecule has 2 heterocycles. The van der Waals surface area contributed by atoms with Crippen LogP contribution in [0.4, 0.5) is 5.69 Å². The Bertz CT molecular complexity index is 1220. The van der Waals surface area contributed by atoms with Crippen molar-refractivity contribution in [1.82, 2.24) is 14.8 Å². The smallest absolute Gasteiger partial charge is 0.269 e. The van der Waals surface area contributed by atoms with Crippen molar-refractivity contribution in [2.45, 2.75) is 32.2 Å². The zero-order valence-corrected chi connectivity index (χ0v) is 19.9. The van der Waals surface area contributed by atoms with Crippen LogP contribution in [0.15, 0.2) is 66.7 Å². The number of non-ortho nitro benzene ring substituents is 1. The number of amides is 2. The van der Waals surface area contributed by atoms with Crippen molar-refractivity contribution in [2.24, 2.45) is 0 Å². The summed E-state index contributed by atoms with van der Waals surface area (Å²) in [4.78, 5) is 44.8. The molecular formula is C27H28N4O4. The number of nitrogens with zero attached hydrogens (tertiary/aromatic N) is 4. The van der Waals surface area contributed by atoms with Crippen LogP contribution >= 0.6 is 0 Å². The van der Waals surface area contributed by atoms with Crippen molar-refractivity contribution in [1.29, 1.82) is 0 Å². The van der Waals surface area contributed by atoms with Gasteiger partial charge in [-0.25, -0.2) is 0 Å². The second-order valence-electron chi connectivity index (χ2n) is 8.90. The average Bonchev–Trinajstić information content (AvgIpc) is 2.88. The van der Waals surface area contributed by atoms with E-state index < -0.39 is 4.92 Å². The number of carbonyl (C=O) groups excluding carboxylic acids is 2. The van der Waals surface area contributed by atoms with E-state index in [1.54, 1.807) is 16.8 Å². The normalized spacial score (nSPS) is 13.9. The minimum atomic E-state index is -0.481. The molecule has 35 heavy (non-hydrogen) atoms. The third kappa shape index (κ3) is 5.54. The van der Waals surface area contributed by atoms with Gasteiger partial charge in [-0.2, -0.15) is 0 Å². The molecule has 4 rings (SSSR count). The summed E-state index contributed by atoms with van der Waals surface area (Å²) in [5, 5.41) is 10.9. The van der Waals surface area contributed by atoms with Crippen LogP contribution in [0.5, 0.6) is 0 Å². The van der Waals surface area contributed by atoms with E-state index in [0.717, 1.165) is 17.0 Å². The second-order valence-corrected chi connectivity index (χ2v) is 8.90. The molecule has 2 aromatic carbocycles. The molecule has 180 valence electrons. The molecule has 0 spiro atoms. The molecule has 1 aliphatic rings. The Balaban J connectivity index is 1.45. The average molecular weight is 473 g/mol. The molecule has 1 aromatic heterocycles. The van der Waals surface area contributed by atoms with Crippen molar-refractivity contribution in [3.63, 3.8) is 0 Å². The van der Waals surface area contributed by atoms with Gasteiger partial charge in [0.2, 0.25) is 0 Å². The monoisotopic (exact) mass is 472 g/mol. The van der Waals surface area contributed by atoms with Crippen molar-refractivity contribution >= 4 is 17.5 Å². The molecule has 3 aromatic rings. The fourth-order valence-corrected chi connectivity index (χ4v) is 4.47. The van der Waals surface area contributed by atoms with Gasteiger partial charge < -0.3 is 9.80 Å². The first-order valence-corrected chi connectivity index (χ1v) is 11.6. The number of nitro groups is 1. The zero-order chi connectivity index (χ0) is 24.9. The van der Waals surface area contributed by atoms with Gasteiger partial charge in [0.25, 0.3) is 17.5 Å². The van der Waals surface area contributed by atoms with Crippen LogP contribution < -0.4 is 0 Å². The van der Waals surface area contributed by atoms with E-state index in [-0.39, 0.29) is 23.4 Å². The predicted molar refractivity (Wildman–Crippen MR) is 132 cm³/mol. The highest BCUT2D eigenvalue weighted by Gasteiger charge is 2.29. The van der Waals surface area contributed by atoms with Crippen LogP contribution in [-0.4, -0.2) is 51.7 Å². The Morgan fingerprint density at radius 2 is 1.69 bits per heavy atom. The molecule has 0 atom stereocenters. The number of carbonyl (C=O) groups is 2. The van der Waals surface area contributed by atoms with Gasteiger partial charge in [-0.05, 0) is 49.6 Å². The summed E-state index contributed by atoms with van der Waals surface area (Å²) in [6.07, 6.45) is 1.38. The Labute approximate surface area is 204 Å². The third-order valence-electron chi connectivity index (χ3n) is 6.40. The number of benzene rings is 2. The first-order valence-electron chi connectivity index (χ1n) is 11.6. The van der Waals surface area contributed by atoms with E-state index in [9.17, 15) is 19.7 Å². The fraction of sp³-hybridized carbons (Fsp3) is 0.296. The molecule has 0 unspecified atom stereocenters. The maximum Gasteiger partial charge on any atom is 0.269 e. The highest BCUT2D eigenvalue weighted by molar-refractivity contribution is 5.96. The molecule has 0 bridgehead atoms. The van der Waals surface area contributed by atoms with E-state index in [2.05, 4.69) is 0 Å². The Morgan fingerprint density at radius 3 is 2.31 bits per heavy atom. The van der Waals surface area contributed by atoms with Gasteiger partial charge in [-0.1, -0.05) is 30.3 Å². The fourth-order valence-electron chi connectivity index (χ4n) is 4.47. The maximum atomic E-state index is 13.3. The van der Waals surface area contributed by atoms with E-state index in [1.807, 2.05) is 49.4 Å². The highest BCUT2D eigenvalue weighted by atomic mass is 16.6. The minimum absolute atomic E-state index is 0.0415. The standard InChI is InChI=1S/C27H28N4O4/c1-19-8-13-24(27(33)29(2)18-20-6-4-3-5-7-20)25(28-19)21-14-16-30(17-15-21)26(32)22-9-11-23(12-10-22)31(34)35/h3-13,21H,14-18H2,1-2H3. The van der Waals surface area contributed by atoms with Crippen molar-refractivity contribution < 1.29 is 14.5 Å². The lowest BCUT2D eigenvalue weighted by molar-refractivity contribution is -0.384. The van der Waals surface area contributed by atoms with E-state index in [1.165, 1.54) is 24.3 Å². The predicted octanol–water partition coefficient (Wildman–Crippen LogP) is 4.59. The number of rotatable bonds is 6. The number of likely N-dealkylation sites (tertiary alicyclic amines) is 1. The Hall–Kier alpha value is -4.07. The van der Waals surface area contributed by atoms with Gasteiger partial charge >= 0.3 is 0 Å². The number of nitro benzene ring substituents is 1. The van der Waals surface area contributed by atoms with E-state index in [0.29, 0.717) is 43.6 Å². The summed E-state index contributed by atoms with van der Waals surface area (Å²) in [6, 6.07) is 19.3. The summed E-state index contributed by atoms with van der Waals surface area (Å²) in [5.74, 6) is -0.143. The molecule has 1 aliphatic heterocycles.